The van der Waals surface area contributed by atoms with Gasteiger partial charge in [0.05, 0.1) is 17.3 Å². The second kappa shape index (κ2) is 9.94. The number of sulfonamides is 1. The van der Waals surface area contributed by atoms with E-state index in [2.05, 4.69) is 30.2 Å². The zero-order valence-electron chi connectivity index (χ0n) is 15.2. The molecule has 1 fully saturated rings. The number of hydrogen-bond acceptors (Lipinski definition) is 5. The number of hydrogen-bond donors (Lipinski definition) is 3. The van der Waals surface area contributed by atoms with E-state index in [4.69, 9.17) is 11.6 Å². The number of aromatic nitrogens is 1. The fourth-order valence-corrected chi connectivity index (χ4v) is 3.51. The van der Waals surface area contributed by atoms with Crippen LogP contribution in [0, 0.1) is 0 Å². The number of nitrogens with one attached hydrogen (secondary N) is 3. The summed E-state index contributed by atoms with van der Waals surface area (Å²) < 4.78 is 25.4. The van der Waals surface area contributed by atoms with Crippen LogP contribution in [0.15, 0.2) is 23.3 Å². The number of nitrogens with zero attached hydrogens (tertiary/aromatic N) is 3. The van der Waals surface area contributed by atoms with Crippen LogP contribution in [0.25, 0.3) is 0 Å². The molecule has 2 heterocycles. The maximum absolute atomic E-state index is 11.4. The minimum Gasteiger partial charge on any atom is -0.357 e. The van der Waals surface area contributed by atoms with Gasteiger partial charge in [-0.1, -0.05) is 11.6 Å². The van der Waals surface area contributed by atoms with Crippen molar-refractivity contribution in [3.63, 3.8) is 0 Å². The first-order valence-corrected chi connectivity index (χ1v) is 10.9. The van der Waals surface area contributed by atoms with Crippen molar-refractivity contribution in [2.75, 3.05) is 43.4 Å². The van der Waals surface area contributed by atoms with Gasteiger partial charge >= 0.3 is 0 Å². The van der Waals surface area contributed by atoms with E-state index in [-0.39, 0.29) is 18.3 Å². The molecule has 3 N–H and O–H groups in total. The molecule has 1 aliphatic rings. The number of guanidine groups is 1. The van der Waals surface area contributed by atoms with Crippen LogP contribution in [0.4, 0.5) is 5.82 Å². The largest absolute Gasteiger partial charge is 0.357 e. The molecule has 0 bridgehead atoms. The predicted molar refractivity (Wildman–Crippen MR) is 106 cm³/mol. The molecule has 1 atom stereocenters. The number of halogens is 1. The number of aliphatic imine (C=N–C) groups is 1. The lowest BCUT2D eigenvalue weighted by Crippen LogP contribution is -2.45. The predicted octanol–water partition coefficient (Wildman–Crippen LogP) is 0.808. The minimum absolute atomic E-state index is 0.0724. The number of rotatable bonds is 8. The van der Waals surface area contributed by atoms with Crippen molar-refractivity contribution in [3.8, 4) is 0 Å². The minimum atomic E-state index is -3.18. The highest BCUT2D eigenvalue weighted by atomic mass is 35.5. The zero-order chi connectivity index (χ0) is 19.0. The van der Waals surface area contributed by atoms with E-state index in [9.17, 15) is 8.42 Å². The number of pyridine rings is 1. The van der Waals surface area contributed by atoms with Crippen LogP contribution >= 0.6 is 11.6 Å². The molecule has 0 radical (unpaired) electrons. The second-order valence-electron chi connectivity index (χ2n) is 5.94. The molecule has 1 aromatic rings. The van der Waals surface area contributed by atoms with Gasteiger partial charge in [-0.15, -0.1) is 0 Å². The van der Waals surface area contributed by atoms with E-state index in [1.165, 1.54) is 0 Å². The molecule has 0 amide bonds. The van der Waals surface area contributed by atoms with Gasteiger partial charge in [-0.05, 0) is 32.4 Å². The molecule has 1 unspecified atom stereocenters. The third-order valence-corrected chi connectivity index (χ3v) is 5.69. The van der Waals surface area contributed by atoms with Gasteiger partial charge in [-0.25, -0.2) is 18.1 Å². The molecule has 0 aromatic carbocycles. The van der Waals surface area contributed by atoms with Crippen molar-refractivity contribution in [2.24, 2.45) is 4.99 Å². The second-order valence-corrected chi connectivity index (χ2v) is 8.45. The van der Waals surface area contributed by atoms with E-state index in [0.717, 1.165) is 31.9 Å². The van der Waals surface area contributed by atoms with Gasteiger partial charge in [0.1, 0.15) is 5.82 Å². The zero-order valence-corrected chi connectivity index (χ0v) is 16.8. The van der Waals surface area contributed by atoms with E-state index >= 15 is 0 Å². The molecule has 1 aliphatic heterocycles. The van der Waals surface area contributed by atoms with Crippen LogP contribution in [0.5, 0.6) is 0 Å². The first-order chi connectivity index (χ1) is 12.4. The normalized spacial score (nSPS) is 18.2. The first-order valence-electron chi connectivity index (χ1n) is 8.82. The lowest BCUT2D eigenvalue weighted by molar-refractivity contribution is 0.583. The first kappa shape index (κ1) is 20.7. The lowest BCUT2D eigenvalue weighted by Gasteiger charge is -2.20. The van der Waals surface area contributed by atoms with Crippen LogP contribution in [0.2, 0.25) is 5.02 Å². The van der Waals surface area contributed by atoms with E-state index < -0.39 is 10.0 Å². The molecule has 2 rings (SSSR count). The highest BCUT2D eigenvalue weighted by molar-refractivity contribution is 7.89. The van der Waals surface area contributed by atoms with Gasteiger partial charge in [0.15, 0.2) is 5.96 Å². The topological polar surface area (TPSA) is 98.7 Å². The van der Waals surface area contributed by atoms with Crippen molar-refractivity contribution < 1.29 is 8.42 Å². The van der Waals surface area contributed by atoms with Gasteiger partial charge in [0.2, 0.25) is 10.0 Å². The van der Waals surface area contributed by atoms with Gasteiger partial charge in [0.25, 0.3) is 0 Å². The SMILES string of the molecule is CCNC(=NCCNS(=O)(=O)CC)NC1CCN(c2ncccc2Cl)C1. The standard InChI is InChI=1S/C16H27ClN6O2S/c1-3-18-16(20-9-10-21-26(24,25)4-2)22-13-7-11-23(12-13)15-14(17)6-5-8-19-15/h5-6,8,13,21H,3-4,7,9-12H2,1-2H3,(H2,18,20,22). The van der Waals surface area contributed by atoms with Gasteiger partial charge in [0, 0.05) is 38.4 Å². The molecule has 8 nitrogen and oxygen atoms in total. The molecule has 10 heteroatoms. The van der Waals surface area contributed by atoms with Gasteiger partial charge in [-0.2, -0.15) is 0 Å². The summed E-state index contributed by atoms with van der Waals surface area (Å²) in [6, 6.07) is 3.88. The summed E-state index contributed by atoms with van der Waals surface area (Å²) in [5.41, 5.74) is 0. The Morgan fingerprint density at radius 1 is 1.46 bits per heavy atom. The van der Waals surface area contributed by atoms with Crippen LogP contribution in [0.3, 0.4) is 0 Å². The molecule has 0 spiro atoms. The van der Waals surface area contributed by atoms with Gasteiger partial charge in [-0.3, -0.25) is 4.99 Å². The molecular weight excluding hydrogens is 376 g/mol. The summed E-state index contributed by atoms with van der Waals surface area (Å²) in [5, 5.41) is 7.24. The van der Waals surface area contributed by atoms with Crippen LogP contribution < -0.4 is 20.3 Å². The number of anilines is 1. The fourth-order valence-electron chi connectivity index (χ4n) is 2.66. The molecule has 1 aromatic heterocycles. The van der Waals surface area contributed by atoms with Crippen molar-refractivity contribution in [1.82, 2.24) is 20.3 Å². The molecular formula is C16H27ClN6O2S. The van der Waals surface area contributed by atoms with Crippen molar-refractivity contribution in [2.45, 2.75) is 26.3 Å². The Balaban J connectivity index is 1.87. The Kier molecular flexibility index (Phi) is 7.92. The Hall–Kier alpha value is -1.58. The quantitative estimate of drug-likeness (QED) is 0.338. The van der Waals surface area contributed by atoms with Crippen molar-refractivity contribution in [3.05, 3.63) is 23.4 Å². The maximum Gasteiger partial charge on any atom is 0.211 e. The Morgan fingerprint density at radius 3 is 2.96 bits per heavy atom. The molecule has 1 saturated heterocycles. The Labute approximate surface area is 160 Å². The smallest absolute Gasteiger partial charge is 0.211 e. The summed E-state index contributed by atoms with van der Waals surface area (Å²) in [4.78, 5) is 10.9. The molecule has 26 heavy (non-hydrogen) atoms. The summed E-state index contributed by atoms with van der Waals surface area (Å²) in [6.07, 6.45) is 2.69. The van der Waals surface area contributed by atoms with Crippen LogP contribution in [-0.4, -0.2) is 63.9 Å². The maximum atomic E-state index is 11.4. The summed E-state index contributed by atoms with van der Waals surface area (Å²) in [6.45, 7) is 6.63. The summed E-state index contributed by atoms with van der Waals surface area (Å²) in [7, 11) is -3.18. The lowest BCUT2D eigenvalue weighted by atomic mass is 10.3. The molecule has 146 valence electrons. The van der Waals surface area contributed by atoms with Crippen LogP contribution in [-0.2, 0) is 10.0 Å². The Morgan fingerprint density at radius 2 is 2.27 bits per heavy atom. The van der Waals surface area contributed by atoms with Crippen LogP contribution in [0.1, 0.15) is 20.3 Å². The molecule has 0 saturated carbocycles. The van der Waals surface area contributed by atoms with E-state index in [1.807, 2.05) is 19.1 Å². The third-order valence-electron chi connectivity index (χ3n) is 4.00. The molecule has 0 aliphatic carbocycles. The van der Waals surface area contributed by atoms with Crippen molar-refractivity contribution >= 4 is 33.4 Å². The van der Waals surface area contributed by atoms with Gasteiger partial charge < -0.3 is 15.5 Å². The van der Waals surface area contributed by atoms with E-state index in [1.54, 1.807) is 13.1 Å². The summed E-state index contributed by atoms with van der Waals surface area (Å²) >= 11 is 6.22. The third kappa shape index (κ3) is 6.30. The average molecular weight is 403 g/mol. The highest BCUT2D eigenvalue weighted by Gasteiger charge is 2.25. The van der Waals surface area contributed by atoms with Crippen molar-refractivity contribution in [1.29, 1.82) is 0 Å². The summed E-state index contributed by atoms with van der Waals surface area (Å²) in [5.74, 6) is 1.56. The average Bonchev–Trinajstić information content (AvgIpc) is 3.07. The highest BCUT2D eigenvalue weighted by Crippen LogP contribution is 2.25. The Bertz CT molecular complexity index is 712. The van der Waals surface area contributed by atoms with E-state index in [0.29, 0.717) is 17.5 Å². The monoisotopic (exact) mass is 402 g/mol. The fraction of sp³-hybridized carbons (Fsp3) is 0.625.